The molecule has 0 spiro atoms. The van der Waals surface area contributed by atoms with E-state index in [-0.39, 0.29) is 6.04 Å². The first kappa shape index (κ1) is 13.3. The third-order valence-corrected chi connectivity index (χ3v) is 3.97. The Morgan fingerprint density at radius 3 is 2.67 bits per heavy atom. The Morgan fingerprint density at radius 1 is 1.33 bits per heavy atom. The zero-order chi connectivity index (χ0) is 13.0. The third kappa shape index (κ3) is 2.99. The summed E-state index contributed by atoms with van der Waals surface area (Å²) in [6.45, 7) is 2.25. The van der Waals surface area contributed by atoms with Gasteiger partial charge in [-0.15, -0.1) is 0 Å². The first-order valence-corrected chi connectivity index (χ1v) is 6.86. The summed E-state index contributed by atoms with van der Waals surface area (Å²) < 4.78 is 4.99. The van der Waals surface area contributed by atoms with Crippen molar-refractivity contribution in [3.8, 4) is 6.01 Å². The number of hydrogen-bond donors (Lipinski definition) is 1. The topological polar surface area (TPSA) is 61.0 Å². The number of hydrogen-bond acceptors (Lipinski definition) is 4. The van der Waals surface area contributed by atoms with Crippen molar-refractivity contribution in [3.05, 3.63) is 18.0 Å². The molecule has 1 aromatic heterocycles. The summed E-state index contributed by atoms with van der Waals surface area (Å²) in [6, 6.07) is 0.670. The lowest BCUT2D eigenvalue weighted by Gasteiger charge is -2.34. The molecular weight excluding hydrogens is 226 g/mol. The van der Waals surface area contributed by atoms with Gasteiger partial charge in [-0.3, -0.25) is 0 Å². The van der Waals surface area contributed by atoms with Gasteiger partial charge >= 0.3 is 6.01 Å². The van der Waals surface area contributed by atoms with Crippen LogP contribution in [0, 0.1) is 5.92 Å². The summed E-state index contributed by atoms with van der Waals surface area (Å²) in [4.78, 5) is 8.38. The van der Waals surface area contributed by atoms with Gasteiger partial charge in [0.2, 0.25) is 0 Å². The van der Waals surface area contributed by atoms with Crippen LogP contribution in [0.5, 0.6) is 6.01 Å². The normalized spacial score (nSPS) is 28.1. The Hall–Kier alpha value is -1.16. The monoisotopic (exact) mass is 249 g/mol. The second kappa shape index (κ2) is 6.14. The molecule has 18 heavy (non-hydrogen) atoms. The van der Waals surface area contributed by atoms with Crippen LogP contribution in [-0.2, 0) is 0 Å². The van der Waals surface area contributed by atoms with Crippen molar-refractivity contribution in [1.82, 2.24) is 9.97 Å². The second-order valence-electron chi connectivity index (χ2n) is 5.24. The van der Waals surface area contributed by atoms with Crippen LogP contribution < -0.4 is 10.5 Å². The van der Waals surface area contributed by atoms with E-state index in [1.807, 2.05) is 12.4 Å². The first-order chi connectivity index (χ1) is 8.74. The van der Waals surface area contributed by atoms with E-state index in [2.05, 4.69) is 16.9 Å². The zero-order valence-corrected chi connectivity index (χ0v) is 11.3. The largest absolute Gasteiger partial charge is 0.467 e. The predicted molar refractivity (Wildman–Crippen MR) is 71.5 cm³/mol. The lowest BCUT2D eigenvalue weighted by atomic mass is 9.74. The molecule has 0 amide bonds. The average Bonchev–Trinajstić information content (AvgIpc) is 2.41. The van der Waals surface area contributed by atoms with E-state index in [4.69, 9.17) is 10.5 Å². The quantitative estimate of drug-likeness (QED) is 0.890. The van der Waals surface area contributed by atoms with E-state index in [0.29, 0.717) is 11.9 Å². The number of methoxy groups -OCH3 is 1. The highest BCUT2D eigenvalue weighted by atomic mass is 16.5. The summed E-state index contributed by atoms with van der Waals surface area (Å²) in [5.41, 5.74) is 7.41. The van der Waals surface area contributed by atoms with Crippen LogP contribution in [0.2, 0.25) is 0 Å². The van der Waals surface area contributed by atoms with Crippen molar-refractivity contribution in [3.63, 3.8) is 0 Å². The molecule has 0 saturated heterocycles. The number of aromatic nitrogens is 2. The first-order valence-electron chi connectivity index (χ1n) is 6.86. The number of nitrogens with zero attached hydrogens (tertiary/aromatic N) is 2. The molecule has 0 radical (unpaired) electrons. The summed E-state index contributed by atoms with van der Waals surface area (Å²) in [7, 11) is 1.58. The van der Waals surface area contributed by atoms with Gasteiger partial charge < -0.3 is 10.5 Å². The van der Waals surface area contributed by atoms with E-state index in [1.165, 1.54) is 25.7 Å². The minimum Gasteiger partial charge on any atom is -0.467 e. The van der Waals surface area contributed by atoms with Crippen molar-refractivity contribution < 1.29 is 4.74 Å². The minimum atomic E-state index is 0.245. The highest BCUT2D eigenvalue weighted by molar-refractivity contribution is 5.17. The molecule has 1 saturated carbocycles. The average molecular weight is 249 g/mol. The van der Waals surface area contributed by atoms with Gasteiger partial charge in [-0.25, -0.2) is 9.97 Å². The molecule has 4 nitrogen and oxygen atoms in total. The van der Waals surface area contributed by atoms with Crippen LogP contribution >= 0.6 is 0 Å². The standard InChI is InChI=1S/C14H23N3O/c1-3-4-10-5-6-13(15)12(7-10)11-8-16-14(18-2)17-9-11/h8-10,12-13H,3-7,15H2,1-2H3. The van der Waals surface area contributed by atoms with Gasteiger partial charge in [0.05, 0.1) is 7.11 Å². The second-order valence-corrected chi connectivity index (χ2v) is 5.24. The molecule has 0 aliphatic heterocycles. The Kier molecular flexibility index (Phi) is 4.53. The number of nitrogens with two attached hydrogens (primary N) is 1. The molecule has 3 unspecified atom stereocenters. The molecule has 1 fully saturated rings. The van der Waals surface area contributed by atoms with Crippen LogP contribution in [0.3, 0.4) is 0 Å². The number of rotatable bonds is 4. The van der Waals surface area contributed by atoms with E-state index in [1.54, 1.807) is 7.11 Å². The maximum atomic E-state index is 6.25. The minimum absolute atomic E-state index is 0.245. The van der Waals surface area contributed by atoms with Crippen LogP contribution in [-0.4, -0.2) is 23.1 Å². The highest BCUT2D eigenvalue weighted by Gasteiger charge is 2.29. The summed E-state index contributed by atoms with van der Waals surface area (Å²) in [5.74, 6) is 1.21. The maximum absolute atomic E-state index is 6.25. The van der Waals surface area contributed by atoms with Crippen molar-refractivity contribution in [2.75, 3.05) is 7.11 Å². The van der Waals surface area contributed by atoms with Gasteiger partial charge in [-0.05, 0) is 30.7 Å². The molecule has 2 rings (SSSR count). The van der Waals surface area contributed by atoms with Crippen molar-refractivity contribution in [1.29, 1.82) is 0 Å². The van der Waals surface area contributed by atoms with E-state index in [9.17, 15) is 0 Å². The molecule has 2 N–H and O–H groups in total. The summed E-state index contributed by atoms with van der Waals surface area (Å²) >= 11 is 0. The van der Waals surface area contributed by atoms with Gasteiger partial charge in [-0.1, -0.05) is 19.8 Å². The molecule has 1 heterocycles. The lowest BCUT2D eigenvalue weighted by molar-refractivity contribution is 0.273. The van der Waals surface area contributed by atoms with Crippen LogP contribution in [0.1, 0.15) is 50.5 Å². The molecule has 0 aromatic carbocycles. The van der Waals surface area contributed by atoms with E-state index < -0.39 is 0 Å². The Bertz CT molecular complexity index is 366. The molecule has 0 bridgehead atoms. The van der Waals surface area contributed by atoms with Gasteiger partial charge in [0.1, 0.15) is 0 Å². The van der Waals surface area contributed by atoms with Gasteiger partial charge in [-0.2, -0.15) is 0 Å². The molecule has 1 aliphatic carbocycles. The molecule has 4 heteroatoms. The summed E-state index contributed by atoms with van der Waals surface area (Å²) in [6.07, 6.45) is 9.84. The van der Waals surface area contributed by atoms with Crippen molar-refractivity contribution >= 4 is 0 Å². The fourth-order valence-electron chi connectivity index (χ4n) is 2.96. The molecule has 1 aromatic rings. The van der Waals surface area contributed by atoms with Crippen LogP contribution in [0.4, 0.5) is 0 Å². The molecule has 1 aliphatic rings. The maximum Gasteiger partial charge on any atom is 0.316 e. The Balaban J connectivity index is 2.08. The van der Waals surface area contributed by atoms with Crippen molar-refractivity contribution in [2.45, 2.75) is 51.0 Å². The highest BCUT2D eigenvalue weighted by Crippen LogP contribution is 2.37. The van der Waals surface area contributed by atoms with Crippen molar-refractivity contribution in [2.24, 2.45) is 11.7 Å². The van der Waals surface area contributed by atoms with Crippen LogP contribution in [0.15, 0.2) is 12.4 Å². The molecule has 100 valence electrons. The predicted octanol–water partition coefficient (Wildman–Crippen LogP) is 2.50. The number of ether oxygens (including phenoxy) is 1. The smallest absolute Gasteiger partial charge is 0.316 e. The van der Waals surface area contributed by atoms with E-state index >= 15 is 0 Å². The van der Waals surface area contributed by atoms with Gasteiger partial charge in [0, 0.05) is 24.4 Å². The zero-order valence-electron chi connectivity index (χ0n) is 11.3. The van der Waals surface area contributed by atoms with Gasteiger partial charge in [0.25, 0.3) is 0 Å². The summed E-state index contributed by atoms with van der Waals surface area (Å²) in [5, 5.41) is 0. The van der Waals surface area contributed by atoms with E-state index in [0.717, 1.165) is 17.9 Å². The Labute approximate surface area is 109 Å². The Morgan fingerprint density at radius 2 is 2.06 bits per heavy atom. The fourth-order valence-corrected chi connectivity index (χ4v) is 2.96. The van der Waals surface area contributed by atoms with Crippen LogP contribution in [0.25, 0.3) is 0 Å². The lowest BCUT2D eigenvalue weighted by Crippen LogP contribution is -2.34. The molecule has 3 atom stereocenters. The fraction of sp³-hybridized carbons (Fsp3) is 0.714. The third-order valence-electron chi connectivity index (χ3n) is 3.97. The SMILES string of the molecule is CCCC1CCC(N)C(c2cnc(OC)nc2)C1. The molecular formula is C14H23N3O. The van der Waals surface area contributed by atoms with Gasteiger partial charge in [0.15, 0.2) is 0 Å².